The fraction of sp³-hybridized carbons (Fsp3) is 0.421. The van der Waals surface area contributed by atoms with Gasteiger partial charge in [-0.25, -0.2) is 4.98 Å². The molecule has 0 unspecified atom stereocenters. The molecule has 28 heavy (non-hydrogen) atoms. The molecule has 0 aliphatic rings. The molecule has 154 valence electrons. The largest absolute Gasteiger partial charge is 0.497 e. The maximum atomic E-state index is 12.2. The molecule has 2 N–H and O–H groups in total. The minimum atomic E-state index is -0.121. The summed E-state index contributed by atoms with van der Waals surface area (Å²) in [6, 6.07) is 7.02. The van der Waals surface area contributed by atoms with Crippen LogP contribution in [-0.4, -0.2) is 55.5 Å². The van der Waals surface area contributed by atoms with Crippen molar-refractivity contribution in [3.05, 3.63) is 45.9 Å². The fourth-order valence-electron chi connectivity index (χ4n) is 2.44. The van der Waals surface area contributed by atoms with E-state index in [9.17, 15) is 4.79 Å². The highest BCUT2D eigenvalue weighted by Crippen LogP contribution is 2.11. The van der Waals surface area contributed by atoms with Gasteiger partial charge in [0.2, 0.25) is 0 Å². The Hall–Kier alpha value is -1.88. The summed E-state index contributed by atoms with van der Waals surface area (Å²) in [5.74, 6) is 1.40. The molecule has 1 aromatic heterocycles. The SMILES string of the molecule is CCNC(=NCCNC(=O)c1ccc(OC)cc1)N(C)Cc1csc(C)n1.I. The Morgan fingerprint density at radius 3 is 2.57 bits per heavy atom. The maximum absolute atomic E-state index is 12.2. The van der Waals surface area contributed by atoms with E-state index in [0.29, 0.717) is 25.2 Å². The molecule has 2 aromatic rings. The molecular formula is C19H28IN5O2S. The van der Waals surface area contributed by atoms with Gasteiger partial charge in [0.1, 0.15) is 5.75 Å². The number of methoxy groups -OCH3 is 1. The number of halogens is 1. The Labute approximate surface area is 187 Å². The topological polar surface area (TPSA) is 78.8 Å². The maximum Gasteiger partial charge on any atom is 0.251 e. The van der Waals surface area contributed by atoms with E-state index < -0.39 is 0 Å². The van der Waals surface area contributed by atoms with Crippen LogP contribution in [-0.2, 0) is 6.54 Å². The third-order valence-corrected chi connectivity index (χ3v) is 4.60. The number of benzene rings is 1. The number of carbonyl (C=O) groups excluding carboxylic acids is 1. The molecule has 0 fully saturated rings. The van der Waals surface area contributed by atoms with Crippen LogP contribution in [0.1, 0.15) is 28.0 Å². The van der Waals surface area contributed by atoms with E-state index in [0.717, 1.165) is 29.0 Å². The Morgan fingerprint density at radius 2 is 2.00 bits per heavy atom. The van der Waals surface area contributed by atoms with Crippen LogP contribution in [0.5, 0.6) is 5.75 Å². The zero-order chi connectivity index (χ0) is 19.6. The normalized spacial score (nSPS) is 10.8. The minimum absolute atomic E-state index is 0. The van der Waals surface area contributed by atoms with Crippen LogP contribution in [0.4, 0.5) is 0 Å². The van der Waals surface area contributed by atoms with Gasteiger partial charge in [0.25, 0.3) is 5.91 Å². The van der Waals surface area contributed by atoms with Gasteiger partial charge in [-0.05, 0) is 38.1 Å². The molecule has 7 nitrogen and oxygen atoms in total. The fourth-order valence-corrected chi connectivity index (χ4v) is 3.05. The number of aromatic nitrogens is 1. The average Bonchev–Trinajstić information content (AvgIpc) is 3.08. The van der Waals surface area contributed by atoms with Gasteiger partial charge in [0.15, 0.2) is 5.96 Å². The molecule has 0 spiro atoms. The summed E-state index contributed by atoms with van der Waals surface area (Å²) in [5.41, 5.74) is 1.63. The molecule has 0 bridgehead atoms. The van der Waals surface area contributed by atoms with Crippen molar-refractivity contribution in [2.45, 2.75) is 20.4 Å². The number of thiazole rings is 1. The molecule has 0 saturated heterocycles. The van der Waals surface area contributed by atoms with E-state index in [1.807, 2.05) is 25.8 Å². The van der Waals surface area contributed by atoms with Crippen LogP contribution in [0.15, 0.2) is 34.6 Å². The van der Waals surface area contributed by atoms with Crippen molar-refractivity contribution < 1.29 is 9.53 Å². The van der Waals surface area contributed by atoms with Crippen LogP contribution in [0, 0.1) is 6.92 Å². The van der Waals surface area contributed by atoms with Crippen molar-refractivity contribution in [1.29, 1.82) is 0 Å². The highest BCUT2D eigenvalue weighted by molar-refractivity contribution is 14.0. The van der Waals surface area contributed by atoms with E-state index in [1.165, 1.54) is 0 Å². The summed E-state index contributed by atoms with van der Waals surface area (Å²) in [7, 11) is 3.58. The number of amides is 1. The molecule has 0 aliphatic carbocycles. The second-order valence-electron chi connectivity index (χ2n) is 5.93. The second-order valence-corrected chi connectivity index (χ2v) is 7.00. The third kappa shape index (κ3) is 7.63. The number of rotatable bonds is 8. The molecule has 0 radical (unpaired) electrons. The summed E-state index contributed by atoms with van der Waals surface area (Å²) >= 11 is 1.64. The number of guanidine groups is 1. The third-order valence-electron chi connectivity index (χ3n) is 3.77. The number of nitrogens with one attached hydrogen (secondary N) is 2. The summed E-state index contributed by atoms with van der Waals surface area (Å²) < 4.78 is 5.10. The molecule has 0 saturated carbocycles. The minimum Gasteiger partial charge on any atom is -0.497 e. The predicted molar refractivity (Wildman–Crippen MR) is 125 cm³/mol. The first-order valence-corrected chi connectivity index (χ1v) is 9.74. The lowest BCUT2D eigenvalue weighted by molar-refractivity contribution is 0.0954. The first-order chi connectivity index (χ1) is 13.0. The van der Waals surface area contributed by atoms with Crippen LogP contribution in [0.3, 0.4) is 0 Å². The predicted octanol–water partition coefficient (Wildman–Crippen LogP) is 2.91. The standard InChI is InChI=1S/C19H27N5O2S.HI/c1-5-20-19(24(3)12-16-13-27-14(2)23-16)22-11-10-21-18(25)15-6-8-17(26-4)9-7-15;/h6-9,13H,5,10-12H2,1-4H3,(H,20,22)(H,21,25);1H. The van der Waals surface area contributed by atoms with Crippen molar-refractivity contribution in [1.82, 2.24) is 20.5 Å². The number of nitrogens with zero attached hydrogens (tertiary/aromatic N) is 3. The molecule has 0 aliphatic heterocycles. The van der Waals surface area contributed by atoms with Crippen molar-refractivity contribution in [2.24, 2.45) is 4.99 Å². The number of carbonyl (C=O) groups is 1. The summed E-state index contributed by atoms with van der Waals surface area (Å²) in [5, 5.41) is 9.27. The molecule has 2 rings (SSSR count). The van der Waals surface area contributed by atoms with Crippen molar-refractivity contribution in [3.8, 4) is 5.75 Å². The number of hydrogen-bond donors (Lipinski definition) is 2. The highest BCUT2D eigenvalue weighted by atomic mass is 127. The molecule has 1 heterocycles. The first kappa shape index (κ1) is 24.2. The Kier molecular flexibility index (Phi) is 10.8. The van der Waals surface area contributed by atoms with E-state index in [1.54, 1.807) is 42.7 Å². The Bertz CT molecular complexity index is 764. The zero-order valence-electron chi connectivity index (χ0n) is 16.7. The molecule has 0 atom stereocenters. The monoisotopic (exact) mass is 517 g/mol. The lowest BCUT2D eigenvalue weighted by Gasteiger charge is -2.21. The molecule has 9 heteroatoms. The van der Waals surface area contributed by atoms with Gasteiger partial charge in [-0.15, -0.1) is 35.3 Å². The van der Waals surface area contributed by atoms with E-state index in [-0.39, 0.29) is 29.9 Å². The summed E-state index contributed by atoms with van der Waals surface area (Å²) in [4.78, 5) is 23.3. The number of aliphatic imine (C=N–C) groups is 1. The van der Waals surface area contributed by atoms with Crippen molar-refractivity contribution >= 4 is 47.2 Å². The number of hydrogen-bond acceptors (Lipinski definition) is 5. The Morgan fingerprint density at radius 1 is 1.29 bits per heavy atom. The van der Waals surface area contributed by atoms with Crippen molar-refractivity contribution in [2.75, 3.05) is 33.8 Å². The molecule has 1 amide bonds. The van der Waals surface area contributed by atoms with E-state index in [2.05, 4.69) is 26.0 Å². The van der Waals surface area contributed by atoms with Crippen LogP contribution in [0.25, 0.3) is 0 Å². The van der Waals surface area contributed by atoms with Gasteiger partial charge < -0.3 is 20.3 Å². The zero-order valence-corrected chi connectivity index (χ0v) is 19.8. The van der Waals surface area contributed by atoms with Crippen molar-refractivity contribution in [3.63, 3.8) is 0 Å². The van der Waals surface area contributed by atoms with Crippen LogP contribution >= 0.6 is 35.3 Å². The van der Waals surface area contributed by atoms with Gasteiger partial charge in [-0.2, -0.15) is 0 Å². The lowest BCUT2D eigenvalue weighted by atomic mass is 10.2. The van der Waals surface area contributed by atoms with Gasteiger partial charge in [0, 0.05) is 31.1 Å². The van der Waals surface area contributed by atoms with Gasteiger partial charge >= 0.3 is 0 Å². The number of ether oxygens (including phenoxy) is 1. The number of aryl methyl sites for hydroxylation is 1. The average molecular weight is 517 g/mol. The highest BCUT2D eigenvalue weighted by Gasteiger charge is 2.09. The molecular weight excluding hydrogens is 489 g/mol. The van der Waals surface area contributed by atoms with Crippen LogP contribution < -0.4 is 15.4 Å². The molecule has 1 aromatic carbocycles. The van der Waals surface area contributed by atoms with E-state index >= 15 is 0 Å². The quantitative estimate of drug-likeness (QED) is 0.244. The van der Waals surface area contributed by atoms with Gasteiger partial charge in [-0.3, -0.25) is 9.79 Å². The summed E-state index contributed by atoms with van der Waals surface area (Å²) in [6.07, 6.45) is 0. The smallest absolute Gasteiger partial charge is 0.251 e. The summed E-state index contributed by atoms with van der Waals surface area (Å²) in [6.45, 7) is 6.45. The van der Waals surface area contributed by atoms with E-state index in [4.69, 9.17) is 4.74 Å². The Balaban J connectivity index is 0.00000392. The lowest BCUT2D eigenvalue weighted by Crippen LogP contribution is -2.39. The second kappa shape index (κ2) is 12.6. The first-order valence-electron chi connectivity index (χ1n) is 8.86. The van der Waals surface area contributed by atoms with Gasteiger partial charge in [0.05, 0.1) is 30.9 Å². The van der Waals surface area contributed by atoms with Crippen LogP contribution in [0.2, 0.25) is 0 Å². The van der Waals surface area contributed by atoms with Gasteiger partial charge in [-0.1, -0.05) is 0 Å².